The van der Waals surface area contributed by atoms with Gasteiger partial charge >= 0.3 is 5.97 Å². The van der Waals surface area contributed by atoms with Crippen molar-refractivity contribution in [2.24, 2.45) is 0 Å². The fourth-order valence-corrected chi connectivity index (χ4v) is 0.695. The zero-order valence-electron chi connectivity index (χ0n) is 7.37. The highest BCUT2D eigenvalue weighted by Crippen LogP contribution is 1.91. The topological polar surface area (TPSA) is 46.6 Å². The fourth-order valence-electron chi connectivity index (χ4n) is 0.695. The number of esters is 1. The maximum Gasteiger partial charge on any atom is 0.325 e. The molecule has 0 aromatic rings. The maximum absolute atomic E-state index is 11.0. The second-order valence-electron chi connectivity index (χ2n) is 2.13. The summed E-state index contributed by atoms with van der Waals surface area (Å²) >= 11 is 0. The highest BCUT2D eigenvalue weighted by atomic mass is 16.5. The average molecular weight is 171 g/mol. The van der Waals surface area contributed by atoms with E-state index in [0.29, 0.717) is 6.54 Å². The summed E-state index contributed by atoms with van der Waals surface area (Å²) in [6.45, 7) is 5.56. The van der Waals surface area contributed by atoms with Gasteiger partial charge in [0.2, 0.25) is 5.91 Å². The third-order valence-corrected chi connectivity index (χ3v) is 1.42. The molecular formula is C8H13NO3. The largest absolute Gasteiger partial charge is 0.468 e. The molecule has 4 heteroatoms. The molecule has 0 saturated carbocycles. The van der Waals surface area contributed by atoms with E-state index in [1.54, 1.807) is 6.92 Å². The van der Waals surface area contributed by atoms with Gasteiger partial charge in [-0.05, 0) is 13.0 Å². The third-order valence-electron chi connectivity index (χ3n) is 1.42. The van der Waals surface area contributed by atoms with Crippen molar-refractivity contribution in [3.63, 3.8) is 0 Å². The molecule has 0 aliphatic carbocycles. The van der Waals surface area contributed by atoms with Crippen LogP contribution < -0.4 is 0 Å². The molecule has 0 saturated heterocycles. The first-order chi connectivity index (χ1) is 5.65. The first-order valence-corrected chi connectivity index (χ1v) is 3.63. The lowest BCUT2D eigenvalue weighted by atomic mass is 10.4. The molecule has 0 N–H and O–H groups in total. The molecule has 0 aliphatic heterocycles. The molecule has 0 spiro atoms. The molecule has 1 amide bonds. The number of ether oxygens (including phenoxy) is 1. The van der Waals surface area contributed by atoms with Crippen molar-refractivity contribution in [1.82, 2.24) is 4.90 Å². The lowest BCUT2D eigenvalue weighted by Crippen LogP contribution is -2.34. The summed E-state index contributed by atoms with van der Waals surface area (Å²) in [5.74, 6) is -0.685. The summed E-state index contributed by atoms with van der Waals surface area (Å²) in [4.78, 5) is 23.1. The van der Waals surface area contributed by atoms with Crippen LogP contribution in [0.1, 0.15) is 6.92 Å². The SMILES string of the molecule is C=CC(=O)N(CC)CC(=O)OC. The van der Waals surface area contributed by atoms with Crippen LogP contribution in [0.5, 0.6) is 0 Å². The number of hydrogen-bond donors (Lipinski definition) is 0. The molecule has 12 heavy (non-hydrogen) atoms. The zero-order chi connectivity index (χ0) is 9.56. The number of nitrogens with zero attached hydrogens (tertiary/aromatic N) is 1. The van der Waals surface area contributed by atoms with Crippen LogP contribution in [-0.4, -0.2) is 37.0 Å². The molecule has 0 aromatic heterocycles. The summed E-state index contributed by atoms with van der Waals surface area (Å²) in [5, 5.41) is 0. The van der Waals surface area contributed by atoms with Gasteiger partial charge in [-0.15, -0.1) is 0 Å². The minimum absolute atomic E-state index is 0.0160. The smallest absolute Gasteiger partial charge is 0.325 e. The van der Waals surface area contributed by atoms with E-state index >= 15 is 0 Å². The van der Waals surface area contributed by atoms with Crippen LogP contribution in [0.25, 0.3) is 0 Å². The van der Waals surface area contributed by atoms with Gasteiger partial charge in [-0.1, -0.05) is 6.58 Å². The summed E-state index contributed by atoms with van der Waals surface area (Å²) in [7, 11) is 1.29. The van der Waals surface area contributed by atoms with Crippen molar-refractivity contribution < 1.29 is 14.3 Å². The molecular weight excluding hydrogens is 158 g/mol. The van der Waals surface area contributed by atoms with Crippen LogP contribution in [0.15, 0.2) is 12.7 Å². The van der Waals surface area contributed by atoms with E-state index in [-0.39, 0.29) is 12.5 Å². The van der Waals surface area contributed by atoms with Crippen molar-refractivity contribution in [1.29, 1.82) is 0 Å². The standard InChI is InChI=1S/C8H13NO3/c1-4-7(10)9(5-2)6-8(11)12-3/h4H,1,5-6H2,2-3H3. The van der Waals surface area contributed by atoms with E-state index in [9.17, 15) is 9.59 Å². The lowest BCUT2D eigenvalue weighted by molar-refractivity contribution is -0.145. The molecule has 0 fully saturated rings. The van der Waals surface area contributed by atoms with Gasteiger partial charge in [-0.2, -0.15) is 0 Å². The molecule has 0 heterocycles. The Bertz CT molecular complexity index is 189. The van der Waals surface area contributed by atoms with Gasteiger partial charge in [-0.3, -0.25) is 9.59 Å². The average Bonchev–Trinajstić information content (AvgIpc) is 2.12. The molecule has 68 valence electrons. The number of hydrogen-bond acceptors (Lipinski definition) is 3. The number of carbonyl (C=O) groups excluding carboxylic acids is 2. The fraction of sp³-hybridized carbons (Fsp3) is 0.500. The molecule has 0 bridgehead atoms. The molecule has 0 aromatic carbocycles. The second-order valence-corrected chi connectivity index (χ2v) is 2.13. The third kappa shape index (κ3) is 3.18. The van der Waals surface area contributed by atoms with Crippen LogP contribution in [0.3, 0.4) is 0 Å². The summed E-state index contributed by atoms with van der Waals surface area (Å²) in [5.41, 5.74) is 0. The number of rotatable bonds is 4. The molecule has 0 unspecified atom stereocenters. The van der Waals surface area contributed by atoms with Crippen molar-refractivity contribution in [2.45, 2.75) is 6.92 Å². The normalized spacial score (nSPS) is 8.83. The molecule has 0 aliphatic rings. The van der Waals surface area contributed by atoms with Gasteiger partial charge in [0.15, 0.2) is 0 Å². The molecule has 0 radical (unpaired) electrons. The monoisotopic (exact) mass is 171 g/mol. The van der Waals surface area contributed by atoms with E-state index in [0.717, 1.165) is 0 Å². The number of carbonyl (C=O) groups is 2. The van der Waals surface area contributed by atoms with Crippen molar-refractivity contribution in [3.05, 3.63) is 12.7 Å². The Hall–Kier alpha value is -1.32. The minimum Gasteiger partial charge on any atom is -0.468 e. The van der Waals surface area contributed by atoms with Gasteiger partial charge < -0.3 is 9.64 Å². The van der Waals surface area contributed by atoms with Crippen LogP contribution >= 0.6 is 0 Å². The highest BCUT2D eigenvalue weighted by Gasteiger charge is 2.11. The highest BCUT2D eigenvalue weighted by molar-refractivity contribution is 5.89. The van der Waals surface area contributed by atoms with E-state index in [2.05, 4.69) is 11.3 Å². The van der Waals surface area contributed by atoms with E-state index in [4.69, 9.17) is 0 Å². The quantitative estimate of drug-likeness (QED) is 0.448. The summed E-state index contributed by atoms with van der Waals surface area (Å²) < 4.78 is 4.41. The Morgan fingerprint density at radius 1 is 1.58 bits per heavy atom. The van der Waals surface area contributed by atoms with Crippen molar-refractivity contribution in [2.75, 3.05) is 20.2 Å². The van der Waals surface area contributed by atoms with Gasteiger partial charge in [0, 0.05) is 6.54 Å². The van der Waals surface area contributed by atoms with Gasteiger partial charge in [0.25, 0.3) is 0 Å². The number of methoxy groups -OCH3 is 1. The molecule has 0 rings (SSSR count). The lowest BCUT2D eigenvalue weighted by Gasteiger charge is -2.16. The number of amides is 1. The van der Waals surface area contributed by atoms with Crippen LogP contribution in [0.2, 0.25) is 0 Å². The van der Waals surface area contributed by atoms with Crippen LogP contribution in [0.4, 0.5) is 0 Å². The Balaban J connectivity index is 4.07. The molecule has 0 atom stereocenters. The first kappa shape index (κ1) is 10.7. The zero-order valence-corrected chi connectivity index (χ0v) is 7.37. The van der Waals surface area contributed by atoms with Crippen LogP contribution in [0, 0.1) is 0 Å². The Kier molecular flexibility index (Phi) is 4.76. The summed E-state index contributed by atoms with van der Waals surface area (Å²) in [6.07, 6.45) is 1.17. The van der Waals surface area contributed by atoms with E-state index < -0.39 is 5.97 Å². The molecule has 4 nitrogen and oxygen atoms in total. The predicted octanol–water partition coefficient (Wildman–Crippen LogP) is 0.194. The van der Waals surface area contributed by atoms with Crippen molar-refractivity contribution in [3.8, 4) is 0 Å². The number of likely N-dealkylation sites (N-methyl/N-ethyl adjacent to an activating group) is 1. The van der Waals surface area contributed by atoms with E-state index in [1.807, 2.05) is 0 Å². The van der Waals surface area contributed by atoms with Crippen LogP contribution in [-0.2, 0) is 14.3 Å². The Morgan fingerprint density at radius 2 is 2.17 bits per heavy atom. The first-order valence-electron chi connectivity index (χ1n) is 3.63. The Labute approximate surface area is 71.8 Å². The minimum atomic E-state index is -0.424. The van der Waals surface area contributed by atoms with Gasteiger partial charge in [0.05, 0.1) is 7.11 Å². The van der Waals surface area contributed by atoms with E-state index in [1.165, 1.54) is 18.1 Å². The van der Waals surface area contributed by atoms with Gasteiger partial charge in [0.1, 0.15) is 6.54 Å². The van der Waals surface area contributed by atoms with Gasteiger partial charge in [-0.25, -0.2) is 0 Å². The second kappa shape index (κ2) is 5.35. The summed E-state index contributed by atoms with van der Waals surface area (Å²) in [6, 6.07) is 0. The predicted molar refractivity (Wildman–Crippen MR) is 44.5 cm³/mol. The maximum atomic E-state index is 11.0. The van der Waals surface area contributed by atoms with Crippen molar-refractivity contribution >= 4 is 11.9 Å². The Morgan fingerprint density at radius 3 is 2.50 bits per heavy atom.